The topological polar surface area (TPSA) is 29.1 Å². The van der Waals surface area contributed by atoms with Crippen molar-refractivity contribution in [2.45, 2.75) is 65.2 Å². The molecule has 0 aliphatic heterocycles. The van der Waals surface area contributed by atoms with Gasteiger partial charge in [-0.25, -0.2) is 0 Å². The summed E-state index contributed by atoms with van der Waals surface area (Å²) in [6, 6.07) is 0. The van der Waals surface area contributed by atoms with Crippen LogP contribution in [0.2, 0.25) is 0 Å². The second kappa shape index (κ2) is 12.3. The smallest absolute Gasteiger partial charge is 0.243 e. The number of carbonyl (C=O) groups excluding carboxylic acids is 1. The molecule has 0 fully saturated rings. The number of allylic oxidation sites excluding steroid dienone is 1. The molecule has 0 aromatic heterocycles. The Kier molecular flexibility index (Phi) is 11.7. The molecule has 94 valence electrons. The van der Waals surface area contributed by atoms with Gasteiger partial charge in [-0.05, 0) is 25.3 Å². The molecule has 0 aromatic rings. The first-order valence-electron chi connectivity index (χ1n) is 6.75. The van der Waals surface area contributed by atoms with Gasteiger partial charge in [-0.3, -0.25) is 4.79 Å². The number of rotatable bonds is 10. The van der Waals surface area contributed by atoms with E-state index in [4.69, 9.17) is 0 Å². The van der Waals surface area contributed by atoms with E-state index in [9.17, 15) is 4.79 Å². The van der Waals surface area contributed by atoms with Crippen LogP contribution in [0.4, 0.5) is 0 Å². The zero-order valence-electron chi connectivity index (χ0n) is 10.9. The molecule has 0 saturated heterocycles. The average molecular weight is 225 g/mol. The van der Waals surface area contributed by atoms with Crippen molar-refractivity contribution in [2.24, 2.45) is 0 Å². The van der Waals surface area contributed by atoms with Crippen LogP contribution in [0.25, 0.3) is 0 Å². The first-order valence-corrected chi connectivity index (χ1v) is 6.75. The van der Waals surface area contributed by atoms with Gasteiger partial charge in [-0.15, -0.1) is 0 Å². The zero-order chi connectivity index (χ0) is 12.1. The number of hydrogen-bond acceptors (Lipinski definition) is 1. The summed E-state index contributed by atoms with van der Waals surface area (Å²) >= 11 is 0. The van der Waals surface area contributed by atoms with Gasteiger partial charge in [0, 0.05) is 6.54 Å². The largest absolute Gasteiger partial charge is 0.353 e. The number of nitrogens with one attached hydrogen (secondary N) is 1. The second-order valence-electron chi connectivity index (χ2n) is 4.25. The third kappa shape index (κ3) is 11.3. The molecule has 2 heteroatoms. The molecule has 2 nitrogen and oxygen atoms in total. The Hall–Kier alpha value is -0.790. The maximum absolute atomic E-state index is 11.2. The van der Waals surface area contributed by atoms with E-state index < -0.39 is 0 Å². The van der Waals surface area contributed by atoms with Gasteiger partial charge in [0.25, 0.3) is 0 Å². The van der Waals surface area contributed by atoms with Crippen molar-refractivity contribution in [2.75, 3.05) is 6.54 Å². The van der Waals surface area contributed by atoms with E-state index in [2.05, 4.69) is 19.2 Å². The zero-order valence-corrected chi connectivity index (χ0v) is 10.9. The predicted octanol–water partition coefficient (Wildman–Crippen LogP) is 3.82. The first-order chi connectivity index (χ1) is 7.81. The molecule has 0 unspecified atom stereocenters. The Morgan fingerprint density at radius 1 is 1.00 bits per heavy atom. The van der Waals surface area contributed by atoms with Crippen LogP contribution in [0.1, 0.15) is 65.2 Å². The van der Waals surface area contributed by atoms with Gasteiger partial charge in [-0.1, -0.05) is 52.0 Å². The number of carbonyl (C=O) groups is 1. The molecule has 16 heavy (non-hydrogen) atoms. The van der Waals surface area contributed by atoms with Gasteiger partial charge in [0.05, 0.1) is 0 Å². The van der Waals surface area contributed by atoms with Gasteiger partial charge >= 0.3 is 0 Å². The average Bonchev–Trinajstić information content (AvgIpc) is 2.30. The lowest BCUT2D eigenvalue weighted by atomic mass is 10.1. The van der Waals surface area contributed by atoms with Crippen molar-refractivity contribution in [3.8, 4) is 0 Å². The van der Waals surface area contributed by atoms with E-state index in [1.165, 1.54) is 38.5 Å². The van der Waals surface area contributed by atoms with Crippen LogP contribution in [0.15, 0.2) is 12.2 Å². The van der Waals surface area contributed by atoms with Crippen molar-refractivity contribution in [3.05, 3.63) is 12.2 Å². The maximum atomic E-state index is 11.2. The molecule has 0 spiro atoms. The van der Waals surface area contributed by atoms with Crippen LogP contribution in [0, 0.1) is 0 Å². The molecular formula is C14H27NO. The standard InChI is InChI=1S/C14H27NO/c1-3-5-6-7-8-9-10-11-12-14(16)15-13-4-2/h11-12H,3-10,13H2,1-2H3,(H,15,16). The highest BCUT2D eigenvalue weighted by atomic mass is 16.1. The Morgan fingerprint density at radius 3 is 2.38 bits per heavy atom. The highest BCUT2D eigenvalue weighted by molar-refractivity contribution is 5.87. The summed E-state index contributed by atoms with van der Waals surface area (Å²) in [6.07, 6.45) is 13.5. The normalized spacial score (nSPS) is 10.9. The monoisotopic (exact) mass is 225 g/mol. The molecule has 0 bridgehead atoms. The van der Waals surface area contributed by atoms with E-state index >= 15 is 0 Å². The van der Waals surface area contributed by atoms with Crippen molar-refractivity contribution < 1.29 is 4.79 Å². The Morgan fingerprint density at radius 2 is 1.69 bits per heavy atom. The van der Waals surface area contributed by atoms with Gasteiger partial charge in [0.15, 0.2) is 0 Å². The highest BCUT2D eigenvalue weighted by Gasteiger charge is 1.92. The summed E-state index contributed by atoms with van der Waals surface area (Å²) in [5.74, 6) is 0.0489. The third-order valence-corrected chi connectivity index (χ3v) is 2.54. The Bertz CT molecular complexity index is 187. The van der Waals surface area contributed by atoms with Gasteiger partial charge in [0.2, 0.25) is 5.91 Å². The van der Waals surface area contributed by atoms with E-state index in [1.54, 1.807) is 6.08 Å². The van der Waals surface area contributed by atoms with Gasteiger partial charge < -0.3 is 5.32 Å². The number of hydrogen-bond donors (Lipinski definition) is 1. The highest BCUT2D eigenvalue weighted by Crippen LogP contribution is 2.06. The molecule has 0 rings (SSSR count). The van der Waals surface area contributed by atoms with E-state index in [0.717, 1.165) is 19.4 Å². The van der Waals surface area contributed by atoms with E-state index in [-0.39, 0.29) is 5.91 Å². The minimum atomic E-state index is 0.0489. The second-order valence-corrected chi connectivity index (χ2v) is 4.25. The fourth-order valence-electron chi connectivity index (χ4n) is 1.54. The molecule has 0 heterocycles. The lowest BCUT2D eigenvalue weighted by Gasteiger charge is -1.98. The molecule has 0 radical (unpaired) electrons. The molecule has 0 aliphatic rings. The Labute approximate surface area is 101 Å². The molecule has 1 amide bonds. The lowest BCUT2D eigenvalue weighted by Crippen LogP contribution is -2.21. The van der Waals surface area contributed by atoms with Crippen LogP contribution < -0.4 is 5.32 Å². The maximum Gasteiger partial charge on any atom is 0.243 e. The molecule has 0 aliphatic carbocycles. The van der Waals surface area contributed by atoms with Crippen molar-refractivity contribution >= 4 is 5.91 Å². The molecule has 0 atom stereocenters. The number of unbranched alkanes of at least 4 members (excludes halogenated alkanes) is 6. The summed E-state index contributed by atoms with van der Waals surface area (Å²) in [5.41, 5.74) is 0. The summed E-state index contributed by atoms with van der Waals surface area (Å²) in [7, 11) is 0. The van der Waals surface area contributed by atoms with Crippen LogP contribution in [-0.4, -0.2) is 12.5 Å². The summed E-state index contributed by atoms with van der Waals surface area (Å²) in [5, 5.41) is 2.83. The number of amides is 1. The van der Waals surface area contributed by atoms with Crippen LogP contribution in [0.3, 0.4) is 0 Å². The molecule has 0 aromatic carbocycles. The molecular weight excluding hydrogens is 198 g/mol. The summed E-state index contributed by atoms with van der Waals surface area (Å²) in [6.45, 7) is 5.07. The summed E-state index contributed by atoms with van der Waals surface area (Å²) < 4.78 is 0. The van der Waals surface area contributed by atoms with Gasteiger partial charge in [0.1, 0.15) is 0 Å². The fourth-order valence-corrected chi connectivity index (χ4v) is 1.54. The SMILES string of the molecule is CCCCCCCCC=CC(=O)NCCC. The van der Waals surface area contributed by atoms with E-state index in [1.807, 2.05) is 6.08 Å². The minimum absolute atomic E-state index is 0.0489. The fraction of sp³-hybridized carbons (Fsp3) is 0.786. The van der Waals surface area contributed by atoms with Crippen LogP contribution in [-0.2, 0) is 4.79 Å². The lowest BCUT2D eigenvalue weighted by molar-refractivity contribution is -0.116. The summed E-state index contributed by atoms with van der Waals surface area (Å²) in [4.78, 5) is 11.2. The Balaban J connectivity index is 3.23. The van der Waals surface area contributed by atoms with Crippen molar-refractivity contribution in [1.29, 1.82) is 0 Å². The minimum Gasteiger partial charge on any atom is -0.353 e. The van der Waals surface area contributed by atoms with Crippen LogP contribution >= 0.6 is 0 Å². The van der Waals surface area contributed by atoms with Crippen molar-refractivity contribution in [1.82, 2.24) is 5.32 Å². The molecule has 1 N–H and O–H groups in total. The first kappa shape index (κ1) is 15.2. The predicted molar refractivity (Wildman–Crippen MR) is 70.4 cm³/mol. The quantitative estimate of drug-likeness (QED) is 0.444. The van der Waals surface area contributed by atoms with Gasteiger partial charge in [-0.2, -0.15) is 0 Å². The molecule has 0 saturated carbocycles. The van der Waals surface area contributed by atoms with Crippen LogP contribution in [0.5, 0.6) is 0 Å². The third-order valence-electron chi connectivity index (χ3n) is 2.54. The van der Waals surface area contributed by atoms with E-state index in [0.29, 0.717) is 0 Å². The van der Waals surface area contributed by atoms with Crippen molar-refractivity contribution in [3.63, 3.8) is 0 Å².